The first-order valence-corrected chi connectivity index (χ1v) is 7.25. The summed E-state index contributed by atoms with van der Waals surface area (Å²) in [4.78, 5) is 18.2. The molecule has 0 fully saturated rings. The van der Waals surface area contributed by atoms with Gasteiger partial charge in [0.15, 0.2) is 0 Å². The van der Waals surface area contributed by atoms with Gasteiger partial charge in [0.05, 0.1) is 15.2 Å². The Kier molecular flexibility index (Phi) is 4.87. The van der Waals surface area contributed by atoms with Crippen molar-refractivity contribution in [3.05, 3.63) is 29.3 Å². The zero-order valence-corrected chi connectivity index (χ0v) is 12.2. The van der Waals surface area contributed by atoms with E-state index in [1.54, 1.807) is 16.2 Å². The molecule has 0 saturated carbocycles. The molecule has 19 heavy (non-hydrogen) atoms. The number of nitrogens with one attached hydrogen (secondary N) is 1. The Bertz CT molecular complexity index is 519. The molecule has 0 spiro atoms. The van der Waals surface area contributed by atoms with Crippen LogP contribution in [0.5, 0.6) is 0 Å². The van der Waals surface area contributed by atoms with Crippen molar-refractivity contribution >= 4 is 27.5 Å². The molecular weight excluding hydrogens is 258 g/mol. The molecule has 0 aliphatic carbocycles. The molecule has 4 nitrogen and oxygen atoms in total. The average molecular weight is 277 g/mol. The second kappa shape index (κ2) is 6.63. The first-order chi connectivity index (χ1) is 9.20. The molecule has 0 saturated heterocycles. The first kappa shape index (κ1) is 14.0. The quantitative estimate of drug-likeness (QED) is 0.877. The Morgan fingerprint density at radius 2 is 2.21 bits per heavy atom. The molecule has 1 heterocycles. The molecule has 5 heteroatoms. The Hall–Kier alpha value is -1.46. The van der Waals surface area contributed by atoms with E-state index in [2.05, 4.69) is 16.4 Å². The van der Waals surface area contributed by atoms with Gasteiger partial charge in [-0.1, -0.05) is 12.1 Å². The summed E-state index contributed by atoms with van der Waals surface area (Å²) in [5.74, 6) is 0.175. The fourth-order valence-electron chi connectivity index (χ4n) is 1.84. The van der Waals surface area contributed by atoms with E-state index in [4.69, 9.17) is 0 Å². The van der Waals surface area contributed by atoms with Crippen LogP contribution in [-0.4, -0.2) is 43.0 Å². The van der Waals surface area contributed by atoms with Gasteiger partial charge in [-0.05, 0) is 19.2 Å². The lowest BCUT2D eigenvalue weighted by molar-refractivity contribution is -0.129. The standard InChI is InChI=1S/C14H19N3OS/c1-15-9-10-17(2)14(18)8-7-13-16-11-5-3-4-6-12(11)19-13/h3-6,15H,7-10H2,1-2H3. The maximum absolute atomic E-state index is 11.9. The molecule has 102 valence electrons. The molecule has 0 aliphatic rings. The summed E-state index contributed by atoms with van der Waals surface area (Å²) in [5, 5.41) is 4.08. The Morgan fingerprint density at radius 3 is 2.95 bits per heavy atom. The SMILES string of the molecule is CNCCN(C)C(=O)CCc1nc2ccccc2s1. The number of nitrogens with zero attached hydrogens (tertiary/aromatic N) is 2. The molecule has 0 unspecified atom stereocenters. The number of likely N-dealkylation sites (N-methyl/N-ethyl adjacent to an activating group) is 2. The van der Waals surface area contributed by atoms with Crippen LogP contribution in [0.4, 0.5) is 0 Å². The second-order valence-electron chi connectivity index (χ2n) is 4.49. The van der Waals surface area contributed by atoms with E-state index in [1.807, 2.05) is 32.3 Å². The van der Waals surface area contributed by atoms with Crippen molar-refractivity contribution in [1.82, 2.24) is 15.2 Å². The van der Waals surface area contributed by atoms with Gasteiger partial charge in [0, 0.05) is 33.0 Å². The van der Waals surface area contributed by atoms with Crippen molar-refractivity contribution in [3.8, 4) is 0 Å². The van der Waals surface area contributed by atoms with Crippen molar-refractivity contribution in [2.24, 2.45) is 0 Å². The summed E-state index contributed by atoms with van der Waals surface area (Å²) in [6.07, 6.45) is 1.25. The van der Waals surface area contributed by atoms with Crippen molar-refractivity contribution < 1.29 is 4.79 Å². The smallest absolute Gasteiger partial charge is 0.222 e. The zero-order valence-electron chi connectivity index (χ0n) is 11.3. The third kappa shape index (κ3) is 3.75. The molecule has 0 radical (unpaired) electrons. The van der Waals surface area contributed by atoms with Gasteiger partial charge in [-0.15, -0.1) is 11.3 Å². The van der Waals surface area contributed by atoms with E-state index in [9.17, 15) is 4.79 Å². The summed E-state index contributed by atoms with van der Waals surface area (Å²) in [7, 11) is 3.73. The Morgan fingerprint density at radius 1 is 1.42 bits per heavy atom. The van der Waals surface area contributed by atoms with Gasteiger partial charge >= 0.3 is 0 Å². The van der Waals surface area contributed by atoms with E-state index in [1.165, 1.54) is 4.70 Å². The summed E-state index contributed by atoms with van der Waals surface area (Å²) >= 11 is 1.67. The minimum absolute atomic E-state index is 0.175. The summed E-state index contributed by atoms with van der Waals surface area (Å²) < 4.78 is 1.19. The third-order valence-electron chi connectivity index (χ3n) is 3.01. The van der Waals surface area contributed by atoms with Gasteiger partial charge in [-0.3, -0.25) is 4.79 Å². The number of rotatable bonds is 6. The van der Waals surface area contributed by atoms with Crippen molar-refractivity contribution in [1.29, 1.82) is 0 Å². The molecular formula is C14H19N3OS. The van der Waals surface area contributed by atoms with Crippen LogP contribution in [0.1, 0.15) is 11.4 Å². The average Bonchev–Trinajstić information content (AvgIpc) is 2.84. The second-order valence-corrected chi connectivity index (χ2v) is 5.61. The van der Waals surface area contributed by atoms with Crippen LogP contribution in [0.2, 0.25) is 0 Å². The minimum atomic E-state index is 0.175. The highest BCUT2D eigenvalue weighted by molar-refractivity contribution is 7.18. The number of carbonyl (C=O) groups excluding carboxylic acids is 1. The lowest BCUT2D eigenvalue weighted by atomic mass is 10.3. The number of benzene rings is 1. The van der Waals surface area contributed by atoms with Gasteiger partial charge in [0.2, 0.25) is 5.91 Å². The highest BCUT2D eigenvalue weighted by Crippen LogP contribution is 2.22. The van der Waals surface area contributed by atoms with Crippen LogP contribution in [0, 0.1) is 0 Å². The predicted octanol–water partition coefficient (Wildman–Crippen LogP) is 1.91. The molecule has 0 aliphatic heterocycles. The molecule has 2 rings (SSSR count). The fraction of sp³-hybridized carbons (Fsp3) is 0.429. The number of amides is 1. The van der Waals surface area contributed by atoms with Gasteiger partial charge in [0.25, 0.3) is 0 Å². The van der Waals surface area contributed by atoms with Crippen LogP contribution >= 0.6 is 11.3 Å². The normalized spacial score (nSPS) is 10.8. The number of aromatic nitrogens is 1. The maximum atomic E-state index is 11.9. The Balaban J connectivity index is 1.89. The number of para-hydroxylation sites is 1. The monoisotopic (exact) mass is 277 g/mol. The topological polar surface area (TPSA) is 45.2 Å². The van der Waals surface area contributed by atoms with E-state index in [-0.39, 0.29) is 5.91 Å². The number of carbonyl (C=O) groups is 1. The highest BCUT2D eigenvalue weighted by Gasteiger charge is 2.10. The minimum Gasteiger partial charge on any atom is -0.344 e. The van der Waals surface area contributed by atoms with Gasteiger partial charge in [-0.25, -0.2) is 4.98 Å². The van der Waals surface area contributed by atoms with Gasteiger partial charge < -0.3 is 10.2 Å². The van der Waals surface area contributed by atoms with E-state index in [0.29, 0.717) is 6.42 Å². The number of fused-ring (bicyclic) bond motifs is 1. The largest absolute Gasteiger partial charge is 0.344 e. The van der Waals surface area contributed by atoms with E-state index >= 15 is 0 Å². The molecule has 0 bridgehead atoms. The van der Waals surface area contributed by atoms with Crippen molar-refractivity contribution in [2.75, 3.05) is 27.2 Å². The number of hydrogen-bond donors (Lipinski definition) is 1. The fourth-order valence-corrected chi connectivity index (χ4v) is 2.80. The van der Waals surface area contributed by atoms with Gasteiger partial charge in [0.1, 0.15) is 0 Å². The van der Waals surface area contributed by atoms with Crippen LogP contribution < -0.4 is 5.32 Å². The number of thiazole rings is 1. The summed E-state index contributed by atoms with van der Waals surface area (Å²) in [5.41, 5.74) is 1.03. The lowest BCUT2D eigenvalue weighted by Crippen LogP contribution is -2.32. The van der Waals surface area contributed by atoms with Crippen molar-refractivity contribution in [2.45, 2.75) is 12.8 Å². The number of aryl methyl sites for hydroxylation is 1. The molecule has 1 N–H and O–H groups in total. The zero-order chi connectivity index (χ0) is 13.7. The predicted molar refractivity (Wildman–Crippen MR) is 79.5 cm³/mol. The molecule has 1 amide bonds. The third-order valence-corrected chi connectivity index (χ3v) is 4.11. The molecule has 0 atom stereocenters. The molecule has 1 aromatic heterocycles. The van der Waals surface area contributed by atoms with Crippen LogP contribution in [-0.2, 0) is 11.2 Å². The first-order valence-electron chi connectivity index (χ1n) is 6.43. The highest BCUT2D eigenvalue weighted by atomic mass is 32.1. The lowest BCUT2D eigenvalue weighted by Gasteiger charge is -2.16. The van der Waals surface area contributed by atoms with E-state index in [0.717, 1.165) is 30.0 Å². The van der Waals surface area contributed by atoms with Crippen LogP contribution in [0.3, 0.4) is 0 Å². The molecule has 1 aromatic carbocycles. The Labute approximate surface area is 117 Å². The van der Waals surface area contributed by atoms with Crippen molar-refractivity contribution in [3.63, 3.8) is 0 Å². The summed E-state index contributed by atoms with van der Waals surface area (Å²) in [6, 6.07) is 8.08. The van der Waals surface area contributed by atoms with Gasteiger partial charge in [-0.2, -0.15) is 0 Å². The maximum Gasteiger partial charge on any atom is 0.222 e. The molecule has 2 aromatic rings. The van der Waals surface area contributed by atoms with Crippen LogP contribution in [0.25, 0.3) is 10.2 Å². The number of hydrogen-bond acceptors (Lipinski definition) is 4. The van der Waals surface area contributed by atoms with Crippen LogP contribution in [0.15, 0.2) is 24.3 Å². The summed E-state index contributed by atoms with van der Waals surface area (Å²) in [6.45, 7) is 1.57. The van der Waals surface area contributed by atoms with E-state index < -0.39 is 0 Å².